The molecule has 116 valence electrons. The molecule has 0 atom stereocenters. The molecular weight excluding hydrogens is 288 g/mol. The van der Waals surface area contributed by atoms with Crippen molar-refractivity contribution in [2.45, 2.75) is 63.0 Å². The van der Waals surface area contributed by atoms with Gasteiger partial charge in [0.05, 0.1) is 11.3 Å². The lowest BCUT2D eigenvalue weighted by molar-refractivity contribution is 0.0272. The number of carboxylic acid groups (broad SMARTS) is 1. The maximum Gasteiger partial charge on any atom is 0.340 e. The third kappa shape index (κ3) is 3.95. The Kier molecular flexibility index (Phi) is 5.22. The predicted octanol–water partition coefficient (Wildman–Crippen LogP) is 2.83. The van der Waals surface area contributed by atoms with Gasteiger partial charge in [0.25, 0.3) is 0 Å². The minimum atomic E-state index is -1.01. The number of nitrogens with zero attached hydrogens (tertiary/aromatic N) is 2. The zero-order valence-corrected chi connectivity index (χ0v) is 13.4. The molecule has 2 rings (SSSR count). The van der Waals surface area contributed by atoms with Crippen LogP contribution in [-0.4, -0.2) is 37.5 Å². The van der Waals surface area contributed by atoms with Crippen molar-refractivity contribution >= 4 is 17.7 Å². The van der Waals surface area contributed by atoms with E-state index >= 15 is 0 Å². The second kappa shape index (κ2) is 6.75. The van der Waals surface area contributed by atoms with Gasteiger partial charge in [-0.1, -0.05) is 26.2 Å². The molecule has 0 unspecified atom stereocenters. The lowest BCUT2D eigenvalue weighted by Crippen LogP contribution is -2.34. The summed E-state index contributed by atoms with van der Waals surface area (Å²) >= 11 is 1.34. The molecule has 1 aliphatic carbocycles. The Bertz CT molecular complexity index is 528. The summed E-state index contributed by atoms with van der Waals surface area (Å²) in [5.41, 5.74) is -0.0340. The fourth-order valence-electron chi connectivity index (χ4n) is 2.67. The summed E-state index contributed by atoms with van der Waals surface area (Å²) < 4.78 is 0. The van der Waals surface area contributed by atoms with Crippen molar-refractivity contribution in [1.82, 2.24) is 9.97 Å². The Morgan fingerprint density at radius 3 is 2.52 bits per heavy atom. The SMILES string of the molecule is CCc1nc(C)c(C(=O)O)c(SCC2(O)CCCCC2)n1. The van der Waals surface area contributed by atoms with Crippen molar-refractivity contribution in [3.05, 3.63) is 17.1 Å². The van der Waals surface area contributed by atoms with Crippen molar-refractivity contribution in [3.8, 4) is 0 Å². The number of carbonyl (C=O) groups is 1. The van der Waals surface area contributed by atoms with Crippen LogP contribution in [-0.2, 0) is 6.42 Å². The predicted molar refractivity (Wildman–Crippen MR) is 81.9 cm³/mol. The van der Waals surface area contributed by atoms with Gasteiger partial charge in [0.15, 0.2) is 0 Å². The van der Waals surface area contributed by atoms with E-state index in [1.807, 2.05) is 6.92 Å². The van der Waals surface area contributed by atoms with Crippen LogP contribution in [0.2, 0.25) is 0 Å². The first kappa shape index (κ1) is 16.2. The van der Waals surface area contributed by atoms with Gasteiger partial charge >= 0.3 is 5.97 Å². The fraction of sp³-hybridized carbons (Fsp3) is 0.667. The fourth-order valence-corrected chi connectivity index (χ4v) is 3.91. The lowest BCUT2D eigenvalue weighted by Gasteiger charge is -2.31. The largest absolute Gasteiger partial charge is 0.478 e. The Labute approximate surface area is 129 Å². The van der Waals surface area contributed by atoms with Crippen LogP contribution in [0.3, 0.4) is 0 Å². The normalized spacial score (nSPS) is 17.7. The first-order chi connectivity index (χ1) is 9.95. The molecule has 1 fully saturated rings. The van der Waals surface area contributed by atoms with E-state index in [9.17, 15) is 15.0 Å². The molecule has 0 aliphatic heterocycles. The van der Waals surface area contributed by atoms with Gasteiger partial charge in [0, 0.05) is 12.2 Å². The molecule has 0 spiro atoms. The number of hydrogen-bond donors (Lipinski definition) is 2. The quantitative estimate of drug-likeness (QED) is 0.643. The number of carboxylic acids is 1. The molecule has 1 saturated carbocycles. The Hall–Kier alpha value is -1.14. The van der Waals surface area contributed by atoms with Gasteiger partial charge in [-0.05, 0) is 19.8 Å². The second-order valence-electron chi connectivity index (χ2n) is 5.64. The summed E-state index contributed by atoms with van der Waals surface area (Å²) in [6.07, 6.45) is 5.47. The maximum absolute atomic E-state index is 11.4. The van der Waals surface area contributed by atoms with Gasteiger partial charge in [-0.25, -0.2) is 14.8 Å². The molecule has 0 aromatic carbocycles. The van der Waals surface area contributed by atoms with E-state index in [4.69, 9.17) is 0 Å². The molecular formula is C15H22N2O3S. The molecule has 0 saturated heterocycles. The molecule has 1 heterocycles. The van der Waals surface area contributed by atoms with Crippen molar-refractivity contribution in [3.63, 3.8) is 0 Å². The maximum atomic E-state index is 11.4. The van der Waals surface area contributed by atoms with Crippen LogP contribution < -0.4 is 0 Å². The number of hydrogen-bond acceptors (Lipinski definition) is 5. The molecule has 2 N–H and O–H groups in total. The highest BCUT2D eigenvalue weighted by atomic mass is 32.2. The van der Waals surface area contributed by atoms with Crippen LogP contribution in [0.15, 0.2) is 5.03 Å². The highest BCUT2D eigenvalue weighted by molar-refractivity contribution is 7.99. The average molecular weight is 310 g/mol. The van der Waals surface area contributed by atoms with Crippen molar-refractivity contribution in [1.29, 1.82) is 0 Å². The summed E-state index contributed by atoms with van der Waals surface area (Å²) in [7, 11) is 0. The van der Waals surface area contributed by atoms with Crippen LogP contribution in [0.4, 0.5) is 0 Å². The highest BCUT2D eigenvalue weighted by Crippen LogP contribution is 2.34. The third-order valence-electron chi connectivity index (χ3n) is 3.89. The molecule has 1 aromatic rings. The zero-order chi connectivity index (χ0) is 15.5. The van der Waals surface area contributed by atoms with Crippen LogP contribution in [0.25, 0.3) is 0 Å². The minimum Gasteiger partial charge on any atom is -0.478 e. The molecule has 0 amide bonds. The number of aromatic carboxylic acids is 1. The van der Waals surface area contributed by atoms with Crippen LogP contribution in [0.1, 0.15) is 60.9 Å². The second-order valence-corrected chi connectivity index (χ2v) is 6.60. The van der Waals surface area contributed by atoms with E-state index in [1.165, 1.54) is 18.2 Å². The van der Waals surface area contributed by atoms with Gasteiger partial charge in [0.1, 0.15) is 16.4 Å². The lowest BCUT2D eigenvalue weighted by atomic mass is 9.86. The first-order valence-electron chi connectivity index (χ1n) is 7.41. The summed E-state index contributed by atoms with van der Waals surface area (Å²) in [4.78, 5) is 20.0. The van der Waals surface area contributed by atoms with Crippen molar-refractivity contribution < 1.29 is 15.0 Å². The van der Waals surface area contributed by atoms with E-state index in [2.05, 4.69) is 9.97 Å². The van der Waals surface area contributed by atoms with E-state index in [1.54, 1.807) is 6.92 Å². The molecule has 6 heteroatoms. The molecule has 5 nitrogen and oxygen atoms in total. The Balaban J connectivity index is 2.21. The van der Waals surface area contributed by atoms with Crippen LogP contribution >= 0.6 is 11.8 Å². The standard InChI is InChI=1S/C15H22N2O3S/c1-3-11-16-10(2)12(14(18)19)13(17-11)21-9-15(20)7-5-4-6-8-15/h20H,3-9H2,1-2H3,(H,18,19). The summed E-state index contributed by atoms with van der Waals surface area (Å²) in [5, 5.41) is 20.4. The van der Waals surface area contributed by atoms with Crippen molar-refractivity contribution in [2.24, 2.45) is 0 Å². The summed E-state index contributed by atoms with van der Waals surface area (Å²) in [6, 6.07) is 0. The Morgan fingerprint density at radius 2 is 1.95 bits per heavy atom. The van der Waals surface area contributed by atoms with Crippen molar-refractivity contribution in [2.75, 3.05) is 5.75 Å². The monoisotopic (exact) mass is 310 g/mol. The first-order valence-corrected chi connectivity index (χ1v) is 8.40. The number of rotatable bonds is 5. The summed E-state index contributed by atoms with van der Waals surface area (Å²) in [6.45, 7) is 3.64. The van der Waals surface area contributed by atoms with E-state index in [0.717, 1.165) is 25.7 Å². The smallest absolute Gasteiger partial charge is 0.340 e. The molecule has 1 aliphatic rings. The topological polar surface area (TPSA) is 83.3 Å². The number of aromatic nitrogens is 2. The van der Waals surface area contributed by atoms with Gasteiger partial charge in [-0.3, -0.25) is 0 Å². The van der Waals surface area contributed by atoms with Gasteiger partial charge in [-0.15, -0.1) is 11.8 Å². The molecule has 0 bridgehead atoms. The van der Waals surface area contributed by atoms with Gasteiger partial charge in [-0.2, -0.15) is 0 Å². The van der Waals surface area contributed by atoms with Crippen LogP contribution in [0.5, 0.6) is 0 Å². The van der Waals surface area contributed by atoms with Crippen LogP contribution in [0, 0.1) is 6.92 Å². The van der Waals surface area contributed by atoms with E-state index in [-0.39, 0.29) is 5.56 Å². The van der Waals surface area contributed by atoms with Gasteiger partial charge < -0.3 is 10.2 Å². The van der Waals surface area contributed by atoms with E-state index < -0.39 is 11.6 Å². The summed E-state index contributed by atoms with van der Waals surface area (Å²) in [5.74, 6) is 0.135. The molecule has 1 aromatic heterocycles. The minimum absolute atomic E-state index is 0.164. The number of aryl methyl sites for hydroxylation is 2. The number of thioether (sulfide) groups is 1. The Morgan fingerprint density at radius 1 is 1.29 bits per heavy atom. The highest BCUT2D eigenvalue weighted by Gasteiger charge is 2.30. The molecule has 0 radical (unpaired) electrons. The number of aliphatic hydroxyl groups is 1. The average Bonchev–Trinajstić information content (AvgIpc) is 2.45. The third-order valence-corrected chi connectivity index (χ3v) is 5.15. The molecule has 21 heavy (non-hydrogen) atoms. The zero-order valence-electron chi connectivity index (χ0n) is 12.6. The van der Waals surface area contributed by atoms with E-state index in [0.29, 0.717) is 28.7 Å². The van der Waals surface area contributed by atoms with Gasteiger partial charge in [0.2, 0.25) is 0 Å².